The smallest absolute Gasteiger partial charge is 0.302 e. The highest BCUT2D eigenvalue weighted by Crippen LogP contribution is 2.21. The Bertz CT molecular complexity index is 715. The summed E-state index contributed by atoms with van der Waals surface area (Å²) in [6.45, 7) is 0.442. The molecule has 0 unspecified atom stereocenters. The molecule has 1 amide bonds. The van der Waals surface area contributed by atoms with Crippen LogP contribution in [-0.2, 0) is 6.54 Å². The molecular weight excluding hydrogens is 308 g/mol. The van der Waals surface area contributed by atoms with E-state index in [1.54, 1.807) is 12.4 Å². The molecule has 0 aliphatic heterocycles. The van der Waals surface area contributed by atoms with Crippen molar-refractivity contribution >= 4 is 35.1 Å². The number of nitrogens with zero attached hydrogens (tertiary/aromatic N) is 4. The fourth-order valence-electron chi connectivity index (χ4n) is 1.55. The molecule has 2 aromatic rings. The summed E-state index contributed by atoms with van der Waals surface area (Å²) in [4.78, 5) is 26.8. The first-order valence-electron chi connectivity index (χ1n) is 6.07. The molecule has 0 radical (unpaired) electrons. The number of guanidine groups is 1. The second-order valence-electron chi connectivity index (χ2n) is 4.15. The average Bonchev–Trinajstić information content (AvgIpc) is 2.48. The highest BCUT2D eigenvalue weighted by Gasteiger charge is 2.16. The third kappa shape index (κ3) is 3.79. The van der Waals surface area contributed by atoms with E-state index in [-0.39, 0.29) is 22.5 Å². The molecule has 0 bridgehead atoms. The summed E-state index contributed by atoms with van der Waals surface area (Å²) in [5.41, 5.74) is 16.7. The number of hydrogen-bond acceptors (Lipinski definition) is 6. The Morgan fingerprint density at radius 1 is 1.27 bits per heavy atom. The number of hydrogen-bond donors (Lipinski definition) is 4. The molecule has 22 heavy (non-hydrogen) atoms. The molecule has 2 rings (SSSR count). The lowest BCUT2D eigenvalue weighted by molar-refractivity contribution is 0.0998. The van der Waals surface area contributed by atoms with Crippen LogP contribution in [0.3, 0.4) is 0 Å². The summed E-state index contributed by atoms with van der Waals surface area (Å²) in [5, 5.41) is 2.95. The number of aromatic nitrogens is 3. The summed E-state index contributed by atoms with van der Waals surface area (Å²) in [7, 11) is 0. The van der Waals surface area contributed by atoms with Gasteiger partial charge in [-0.1, -0.05) is 11.6 Å². The quantitative estimate of drug-likeness (QED) is 0.457. The van der Waals surface area contributed by atoms with Crippen LogP contribution in [0.1, 0.15) is 16.1 Å². The van der Waals surface area contributed by atoms with Gasteiger partial charge in [-0.2, -0.15) is 4.99 Å². The van der Waals surface area contributed by atoms with Crippen molar-refractivity contribution in [1.82, 2.24) is 15.0 Å². The highest BCUT2D eigenvalue weighted by molar-refractivity contribution is 6.32. The maximum Gasteiger partial charge on any atom is 0.302 e. The summed E-state index contributed by atoms with van der Waals surface area (Å²) in [6.07, 6.45) is 3.32. The van der Waals surface area contributed by atoms with Gasteiger partial charge in [0.25, 0.3) is 0 Å². The molecule has 114 valence electrons. The van der Waals surface area contributed by atoms with Crippen LogP contribution in [0.2, 0.25) is 5.15 Å². The highest BCUT2D eigenvalue weighted by atomic mass is 35.5. The Morgan fingerprint density at radius 2 is 1.95 bits per heavy atom. The number of aliphatic imine (C=N–C) groups is 1. The Hall–Kier alpha value is -2.94. The van der Waals surface area contributed by atoms with E-state index in [9.17, 15) is 4.79 Å². The Balaban J connectivity index is 2.19. The van der Waals surface area contributed by atoms with Gasteiger partial charge in [0.2, 0.25) is 0 Å². The third-order valence-electron chi connectivity index (χ3n) is 2.52. The van der Waals surface area contributed by atoms with Crippen molar-refractivity contribution in [2.75, 3.05) is 11.1 Å². The molecule has 0 aliphatic rings. The van der Waals surface area contributed by atoms with Crippen molar-refractivity contribution in [3.05, 3.63) is 40.9 Å². The first kappa shape index (κ1) is 15.4. The lowest BCUT2D eigenvalue weighted by atomic mass is 10.3. The number of pyridine rings is 1. The van der Waals surface area contributed by atoms with Gasteiger partial charge in [-0.05, 0) is 17.7 Å². The molecule has 7 N–H and O–H groups in total. The summed E-state index contributed by atoms with van der Waals surface area (Å²) < 4.78 is 0. The van der Waals surface area contributed by atoms with Crippen LogP contribution in [0.4, 0.5) is 11.6 Å². The predicted octanol–water partition coefficient (Wildman–Crippen LogP) is 0.133. The van der Waals surface area contributed by atoms with Crippen LogP contribution in [0, 0.1) is 0 Å². The zero-order valence-corrected chi connectivity index (χ0v) is 12.1. The fraction of sp³-hybridized carbons (Fsp3) is 0.0833. The minimum Gasteiger partial charge on any atom is -0.382 e. The van der Waals surface area contributed by atoms with Gasteiger partial charge in [0.1, 0.15) is 0 Å². The molecule has 2 heterocycles. The SMILES string of the molecule is NC(N)=NC(=O)c1nc(Cl)c(NCc2ccncc2)nc1N. The number of nitrogens with one attached hydrogen (secondary N) is 1. The van der Waals surface area contributed by atoms with E-state index in [0.717, 1.165) is 5.56 Å². The Kier molecular flexibility index (Phi) is 4.69. The average molecular weight is 321 g/mol. The number of anilines is 2. The van der Waals surface area contributed by atoms with Crippen molar-refractivity contribution in [2.24, 2.45) is 16.5 Å². The van der Waals surface area contributed by atoms with Crippen LogP contribution >= 0.6 is 11.6 Å². The van der Waals surface area contributed by atoms with Crippen LogP contribution < -0.4 is 22.5 Å². The van der Waals surface area contributed by atoms with Gasteiger partial charge in [0.05, 0.1) is 0 Å². The molecule has 0 saturated carbocycles. The standard InChI is InChI=1S/C12H13ClN8O/c13-8-10(18-5-6-1-3-17-4-2-6)20-9(14)7(19-8)11(22)21-12(15)16/h1-4H,5H2,(H3,14,18,20)(H4,15,16,21,22). The largest absolute Gasteiger partial charge is 0.382 e. The molecule has 0 atom stereocenters. The van der Waals surface area contributed by atoms with Crippen LogP contribution in [-0.4, -0.2) is 26.8 Å². The third-order valence-corrected chi connectivity index (χ3v) is 2.79. The fourth-order valence-corrected chi connectivity index (χ4v) is 1.75. The number of nitrogen functional groups attached to an aromatic ring is 1. The monoisotopic (exact) mass is 320 g/mol. The van der Waals surface area contributed by atoms with Crippen LogP contribution in [0.25, 0.3) is 0 Å². The van der Waals surface area contributed by atoms with Crippen LogP contribution in [0.15, 0.2) is 29.5 Å². The van der Waals surface area contributed by atoms with E-state index in [4.69, 9.17) is 28.8 Å². The number of nitrogens with two attached hydrogens (primary N) is 3. The number of carbonyl (C=O) groups excluding carboxylic acids is 1. The molecule has 0 aliphatic carbocycles. The van der Waals surface area contributed by atoms with Crippen molar-refractivity contribution in [1.29, 1.82) is 0 Å². The van der Waals surface area contributed by atoms with Crippen LogP contribution in [0.5, 0.6) is 0 Å². The number of halogens is 1. The topological polar surface area (TPSA) is 158 Å². The molecule has 0 aromatic carbocycles. The predicted molar refractivity (Wildman–Crippen MR) is 83.2 cm³/mol. The van der Waals surface area contributed by atoms with Gasteiger partial charge < -0.3 is 22.5 Å². The van der Waals surface area contributed by atoms with Crippen molar-refractivity contribution in [3.8, 4) is 0 Å². The Morgan fingerprint density at radius 3 is 2.59 bits per heavy atom. The maximum atomic E-state index is 11.7. The minimum absolute atomic E-state index is 0.0163. The molecule has 2 aromatic heterocycles. The lowest BCUT2D eigenvalue weighted by Gasteiger charge is -2.09. The van der Waals surface area contributed by atoms with Gasteiger partial charge in [-0.3, -0.25) is 9.78 Å². The first-order valence-corrected chi connectivity index (χ1v) is 6.45. The Labute approximate surface area is 130 Å². The minimum atomic E-state index is -0.812. The lowest BCUT2D eigenvalue weighted by Crippen LogP contribution is -2.24. The zero-order chi connectivity index (χ0) is 16.1. The van der Waals surface area contributed by atoms with Crippen molar-refractivity contribution in [3.63, 3.8) is 0 Å². The number of amides is 1. The molecule has 0 saturated heterocycles. The first-order chi connectivity index (χ1) is 10.5. The molecule has 9 nitrogen and oxygen atoms in total. The zero-order valence-electron chi connectivity index (χ0n) is 11.3. The molecule has 0 spiro atoms. The van der Waals surface area contributed by atoms with Gasteiger partial charge >= 0.3 is 5.91 Å². The van der Waals surface area contributed by atoms with Gasteiger partial charge in [-0.25, -0.2) is 9.97 Å². The van der Waals surface area contributed by atoms with Gasteiger partial charge in [-0.15, -0.1) is 0 Å². The number of rotatable bonds is 4. The van der Waals surface area contributed by atoms with E-state index in [0.29, 0.717) is 6.54 Å². The number of carbonyl (C=O) groups is 1. The molecule has 10 heteroatoms. The second kappa shape index (κ2) is 6.68. The van der Waals surface area contributed by atoms with E-state index >= 15 is 0 Å². The second-order valence-corrected chi connectivity index (χ2v) is 4.51. The summed E-state index contributed by atoms with van der Waals surface area (Å²) >= 11 is 5.98. The molecular formula is C12H13ClN8O. The van der Waals surface area contributed by atoms with Gasteiger partial charge in [0.15, 0.2) is 28.4 Å². The summed E-state index contributed by atoms with van der Waals surface area (Å²) in [6, 6.07) is 3.66. The van der Waals surface area contributed by atoms with Crippen molar-refractivity contribution < 1.29 is 4.79 Å². The normalized spacial score (nSPS) is 10.0. The van der Waals surface area contributed by atoms with E-state index in [2.05, 4.69) is 25.3 Å². The van der Waals surface area contributed by atoms with E-state index in [1.807, 2.05) is 12.1 Å². The summed E-state index contributed by atoms with van der Waals surface area (Å²) in [5.74, 6) is -1.09. The van der Waals surface area contributed by atoms with E-state index in [1.165, 1.54) is 0 Å². The van der Waals surface area contributed by atoms with Gasteiger partial charge in [0, 0.05) is 18.9 Å². The molecule has 0 fully saturated rings. The van der Waals surface area contributed by atoms with E-state index < -0.39 is 11.9 Å². The van der Waals surface area contributed by atoms with Crippen molar-refractivity contribution in [2.45, 2.75) is 6.54 Å². The maximum absolute atomic E-state index is 11.7.